The van der Waals surface area contributed by atoms with E-state index in [9.17, 15) is 19.0 Å². The summed E-state index contributed by atoms with van der Waals surface area (Å²) in [5, 5.41) is 0. The van der Waals surface area contributed by atoms with Crippen LogP contribution in [0.3, 0.4) is 0 Å². The first kappa shape index (κ1) is 76.0. The lowest BCUT2D eigenvalue weighted by atomic mass is 10.0. The normalized spacial score (nSPS) is 13.5. The van der Waals surface area contributed by atoms with E-state index in [4.69, 9.17) is 18.5 Å². The highest BCUT2D eigenvalue weighted by Crippen LogP contribution is 2.43. The van der Waals surface area contributed by atoms with Crippen LogP contribution in [-0.2, 0) is 32.7 Å². The SMILES string of the molecule is CCCCCCC/C=C\C/C=C\CCCCCCCCCCCCCCCCCC(=O)OCC(COP(=O)(O)OCC[N+](C)(C)C)OC(=O)CCCCCCCCCCCCCCCCC/C=C\C/C=C\CCCCCCC. The second-order valence-corrected chi connectivity index (χ2v) is 25.3. The first-order valence-corrected chi connectivity index (χ1v) is 34.9. The maximum absolute atomic E-state index is 12.9. The van der Waals surface area contributed by atoms with Crippen molar-refractivity contribution in [3.05, 3.63) is 48.6 Å². The van der Waals surface area contributed by atoms with Gasteiger partial charge >= 0.3 is 19.8 Å². The summed E-state index contributed by atoms with van der Waals surface area (Å²) in [6.07, 6.45) is 76.3. The molecule has 0 rings (SSSR count). The first-order valence-electron chi connectivity index (χ1n) is 33.4. The van der Waals surface area contributed by atoms with Gasteiger partial charge in [0.05, 0.1) is 27.7 Å². The number of unbranched alkanes of at least 4 members (excludes halogenated alkanes) is 40. The number of quaternary nitrogens is 1. The minimum Gasteiger partial charge on any atom is -0.462 e. The molecule has 2 unspecified atom stereocenters. The molecule has 0 aliphatic rings. The number of esters is 2. The van der Waals surface area contributed by atoms with Crippen molar-refractivity contribution in [3.63, 3.8) is 0 Å². The first-order chi connectivity index (χ1) is 38.0. The van der Waals surface area contributed by atoms with Gasteiger partial charge in [0, 0.05) is 12.8 Å². The van der Waals surface area contributed by atoms with E-state index in [1.165, 1.54) is 244 Å². The molecule has 78 heavy (non-hydrogen) atoms. The molecule has 0 saturated heterocycles. The van der Waals surface area contributed by atoms with E-state index in [0.29, 0.717) is 23.9 Å². The minimum absolute atomic E-state index is 0.0327. The zero-order valence-corrected chi connectivity index (χ0v) is 53.1. The van der Waals surface area contributed by atoms with Crippen LogP contribution in [-0.4, -0.2) is 74.9 Å². The molecule has 0 aromatic carbocycles. The summed E-state index contributed by atoms with van der Waals surface area (Å²) in [5.74, 6) is -0.783. The Bertz CT molecular complexity index is 1460. The Morgan fingerprint density at radius 1 is 0.397 bits per heavy atom. The van der Waals surface area contributed by atoms with Gasteiger partial charge in [0.2, 0.25) is 0 Å². The van der Waals surface area contributed by atoms with Gasteiger partial charge in [0.15, 0.2) is 6.10 Å². The minimum atomic E-state index is -4.39. The average molecular weight is 1120 g/mol. The summed E-state index contributed by atoms with van der Waals surface area (Å²) < 4.78 is 34.7. The van der Waals surface area contributed by atoms with Crippen LogP contribution in [0.4, 0.5) is 0 Å². The highest BCUT2D eigenvalue weighted by molar-refractivity contribution is 7.47. The van der Waals surface area contributed by atoms with Crippen LogP contribution >= 0.6 is 7.82 Å². The Balaban J connectivity index is 4.05. The van der Waals surface area contributed by atoms with Crippen LogP contribution in [0.2, 0.25) is 0 Å². The molecule has 1 N–H and O–H groups in total. The van der Waals surface area contributed by atoms with Crippen molar-refractivity contribution in [2.45, 2.75) is 328 Å². The molecule has 9 nitrogen and oxygen atoms in total. The number of phosphoric ester groups is 1. The topological polar surface area (TPSA) is 108 Å². The molecule has 0 aliphatic heterocycles. The summed E-state index contributed by atoms with van der Waals surface area (Å²) in [6, 6.07) is 0. The number of carbonyl (C=O) groups excluding carboxylic acids is 2. The number of nitrogens with zero attached hydrogens (tertiary/aromatic N) is 1. The predicted octanol–water partition coefficient (Wildman–Crippen LogP) is 21.3. The van der Waals surface area contributed by atoms with Crippen molar-refractivity contribution in [3.8, 4) is 0 Å². The predicted molar refractivity (Wildman–Crippen MR) is 335 cm³/mol. The highest BCUT2D eigenvalue weighted by Gasteiger charge is 2.27. The van der Waals surface area contributed by atoms with Crippen LogP contribution in [0, 0.1) is 0 Å². The summed E-state index contributed by atoms with van der Waals surface area (Å²) in [5.41, 5.74) is 0. The average Bonchev–Trinajstić information content (AvgIpc) is 3.41. The highest BCUT2D eigenvalue weighted by atomic mass is 31.2. The van der Waals surface area contributed by atoms with E-state index < -0.39 is 26.5 Å². The molecule has 0 aromatic rings. The maximum atomic E-state index is 12.9. The van der Waals surface area contributed by atoms with Crippen molar-refractivity contribution in [2.24, 2.45) is 0 Å². The largest absolute Gasteiger partial charge is 0.472 e. The smallest absolute Gasteiger partial charge is 0.462 e. The van der Waals surface area contributed by atoms with Gasteiger partial charge in [-0.2, -0.15) is 0 Å². The fourth-order valence-corrected chi connectivity index (χ4v) is 10.4. The lowest BCUT2D eigenvalue weighted by Crippen LogP contribution is -2.37. The number of rotatable bonds is 62. The number of hydrogen-bond acceptors (Lipinski definition) is 7. The van der Waals surface area contributed by atoms with Crippen molar-refractivity contribution in [1.82, 2.24) is 0 Å². The number of allylic oxidation sites excluding steroid dienone is 8. The quantitative estimate of drug-likeness (QED) is 0.0211. The third-order valence-electron chi connectivity index (χ3n) is 14.8. The Morgan fingerprint density at radius 2 is 0.692 bits per heavy atom. The molecule has 10 heteroatoms. The Labute approximate surface area is 484 Å². The third kappa shape index (κ3) is 63.2. The number of phosphoric acid groups is 1. The van der Waals surface area contributed by atoms with Gasteiger partial charge in [-0.15, -0.1) is 0 Å². The van der Waals surface area contributed by atoms with E-state index in [1.54, 1.807) is 0 Å². The lowest BCUT2D eigenvalue weighted by Gasteiger charge is -2.24. The molecule has 2 atom stereocenters. The maximum Gasteiger partial charge on any atom is 0.472 e. The Morgan fingerprint density at radius 3 is 1.01 bits per heavy atom. The molecular formula is C68H129NO8P+. The van der Waals surface area contributed by atoms with Crippen molar-refractivity contribution in [1.29, 1.82) is 0 Å². The van der Waals surface area contributed by atoms with E-state index in [0.717, 1.165) is 44.9 Å². The molecule has 0 aromatic heterocycles. The second-order valence-electron chi connectivity index (χ2n) is 23.9. The molecule has 0 aliphatic carbocycles. The third-order valence-corrected chi connectivity index (χ3v) is 15.8. The molecule has 0 radical (unpaired) electrons. The van der Waals surface area contributed by atoms with E-state index in [1.807, 2.05) is 21.1 Å². The fraction of sp³-hybridized carbons (Fsp3) is 0.853. The lowest BCUT2D eigenvalue weighted by molar-refractivity contribution is -0.870. The monoisotopic (exact) mass is 1120 g/mol. The fourth-order valence-electron chi connectivity index (χ4n) is 9.67. The van der Waals surface area contributed by atoms with Crippen LogP contribution < -0.4 is 0 Å². The van der Waals surface area contributed by atoms with E-state index in [-0.39, 0.29) is 25.6 Å². The summed E-state index contributed by atoms with van der Waals surface area (Å²) >= 11 is 0. The van der Waals surface area contributed by atoms with Crippen molar-refractivity contribution < 1.29 is 42.1 Å². The number of likely N-dealkylation sites (N-methyl/N-ethyl adjacent to an activating group) is 1. The van der Waals surface area contributed by atoms with Crippen molar-refractivity contribution in [2.75, 3.05) is 47.5 Å². The molecule has 0 saturated carbocycles. The molecule has 0 amide bonds. The molecule has 0 fully saturated rings. The number of carbonyl (C=O) groups is 2. The zero-order chi connectivity index (χ0) is 57.0. The van der Waals surface area contributed by atoms with Crippen LogP contribution in [0.1, 0.15) is 322 Å². The van der Waals surface area contributed by atoms with Gasteiger partial charge in [-0.3, -0.25) is 18.6 Å². The molecular weight excluding hydrogens is 990 g/mol. The second kappa shape index (κ2) is 59.6. The van der Waals surface area contributed by atoms with Crippen LogP contribution in [0.5, 0.6) is 0 Å². The van der Waals surface area contributed by atoms with Crippen LogP contribution in [0.25, 0.3) is 0 Å². The van der Waals surface area contributed by atoms with Gasteiger partial charge in [0.1, 0.15) is 19.8 Å². The summed E-state index contributed by atoms with van der Waals surface area (Å²) in [4.78, 5) is 35.8. The van der Waals surface area contributed by atoms with Crippen molar-refractivity contribution >= 4 is 19.8 Å². The van der Waals surface area contributed by atoms with Crippen LogP contribution in [0.15, 0.2) is 48.6 Å². The standard InChI is InChI=1S/C68H128NO8P/c1-6-8-10-12-14-16-18-20-22-24-26-28-30-32-34-36-38-40-42-44-46-48-50-52-54-56-58-60-67(70)74-64-66(65-76-78(72,73)75-63-62-69(3,4)5)77-68(71)61-59-57-55-53-51-49-47-45-43-41-39-37-35-33-31-29-27-25-23-21-19-17-15-13-11-9-7-2/h18-21,24-27,66H,6-17,22-23,28-65H2,1-5H3/p+1/b20-18-,21-19-,26-24-,27-25-. The molecule has 458 valence electrons. The van der Waals surface area contributed by atoms with E-state index >= 15 is 0 Å². The van der Waals surface area contributed by atoms with E-state index in [2.05, 4.69) is 62.5 Å². The summed E-state index contributed by atoms with van der Waals surface area (Å²) in [6.45, 7) is 4.46. The Hall–Kier alpha value is -2.03. The van der Waals surface area contributed by atoms with Gasteiger partial charge < -0.3 is 18.9 Å². The van der Waals surface area contributed by atoms with Gasteiger partial charge in [-0.1, -0.05) is 281 Å². The number of hydrogen-bond donors (Lipinski definition) is 1. The summed E-state index contributed by atoms with van der Waals surface area (Å²) in [7, 11) is 1.49. The molecule has 0 heterocycles. The van der Waals surface area contributed by atoms with Gasteiger partial charge in [-0.05, 0) is 77.0 Å². The molecule has 0 bridgehead atoms. The molecule has 0 spiro atoms. The van der Waals surface area contributed by atoms with Gasteiger partial charge in [-0.25, -0.2) is 4.57 Å². The van der Waals surface area contributed by atoms with Gasteiger partial charge in [0.25, 0.3) is 0 Å². The number of ether oxygens (including phenoxy) is 2. The Kier molecular flexibility index (Phi) is 58.0. The zero-order valence-electron chi connectivity index (χ0n) is 52.2.